The molecule has 0 atom stereocenters. The third-order valence-corrected chi connectivity index (χ3v) is 4.51. The Bertz CT molecular complexity index is 1050. The van der Waals surface area contributed by atoms with Crippen molar-refractivity contribution in [3.8, 4) is 5.75 Å². The summed E-state index contributed by atoms with van der Waals surface area (Å²) in [6, 6.07) is 16.4. The van der Waals surface area contributed by atoms with E-state index in [9.17, 15) is 19.1 Å². The maximum Gasteiger partial charge on any atom is 0.246 e. The second-order valence-electron chi connectivity index (χ2n) is 6.45. The minimum absolute atomic E-state index is 0.0272. The fraction of sp³-hybridized carbons (Fsp3) is 0.182. The third kappa shape index (κ3) is 4.89. The molecule has 0 spiro atoms. The van der Waals surface area contributed by atoms with Crippen molar-refractivity contribution >= 4 is 11.6 Å². The number of rotatable bonds is 7. The van der Waals surface area contributed by atoms with Gasteiger partial charge in [-0.05, 0) is 18.2 Å². The van der Waals surface area contributed by atoms with Crippen LogP contribution in [0.3, 0.4) is 0 Å². The molecule has 0 bridgehead atoms. The van der Waals surface area contributed by atoms with Crippen LogP contribution in [0.2, 0.25) is 0 Å². The molecule has 0 saturated heterocycles. The third-order valence-electron chi connectivity index (χ3n) is 4.51. The summed E-state index contributed by atoms with van der Waals surface area (Å²) in [5.41, 5.74) is 0.859. The van der Waals surface area contributed by atoms with Crippen molar-refractivity contribution < 1.29 is 19.0 Å². The molecule has 0 unspecified atom stereocenters. The lowest BCUT2D eigenvalue weighted by Crippen LogP contribution is -2.31. The van der Waals surface area contributed by atoms with Crippen LogP contribution in [0.25, 0.3) is 0 Å². The SMILES string of the molecule is CN(C(=O)Cn1cc(OCc2ccccc2F)c(=O)cc1CO)c1ccccc1. The van der Waals surface area contributed by atoms with Gasteiger partial charge >= 0.3 is 0 Å². The number of pyridine rings is 1. The Kier molecular flexibility index (Phi) is 6.41. The maximum atomic E-state index is 13.8. The number of carbonyl (C=O) groups excluding carboxylic acids is 1. The number of hydrogen-bond acceptors (Lipinski definition) is 4. The lowest BCUT2D eigenvalue weighted by Gasteiger charge is -2.20. The van der Waals surface area contributed by atoms with E-state index in [0.29, 0.717) is 5.56 Å². The van der Waals surface area contributed by atoms with Crippen LogP contribution in [-0.4, -0.2) is 22.6 Å². The average Bonchev–Trinajstić information content (AvgIpc) is 2.74. The molecule has 150 valence electrons. The highest BCUT2D eigenvalue weighted by atomic mass is 19.1. The Morgan fingerprint density at radius 2 is 1.83 bits per heavy atom. The second kappa shape index (κ2) is 9.16. The highest BCUT2D eigenvalue weighted by Crippen LogP contribution is 2.15. The predicted molar refractivity (Wildman–Crippen MR) is 107 cm³/mol. The molecule has 2 aromatic carbocycles. The number of amides is 1. The molecule has 6 nitrogen and oxygen atoms in total. The predicted octanol–water partition coefficient (Wildman–Crippen LogP) is 2.72. The molecule has 0 fully saturated rings. The Labute approximate surface area is 167 Å². The van der Waals surface area contributed by atoms with Gasteiger partial charge in [0.15, 0.2) is 5.75 Å². The quantitative estimate of drug-likeness (QED) is 0.667. The Hall–Kier alpha value is -3.45. The first-order chi connectivity index (χ1) is 14.0. The Balaban J connectivity index is 1.81. The zero-order valence-corrected chi connectivity index (χ0v) is 15.9. The number of para-hydroxylation sites is 1. The summed E-state index contributed by atoms with van der Waals surface area (Å²) < 4.78 is 20.7. The first-order valence-corrected chi connectivity index (χ1v) is 9.01. The minimum Gasteiger partial charge on any atom is -0.483 e. The number of likely N-dealkylation sites (N-methyl/N-ethyl adjacent to an activating group) is 1. The number of aromatic nitrogens is 1. The molecule has 0 radical (unpaired) electrons. The average molecular weight is 396 g/mol. The number of aliphatic hydroxyl groups excluding tert-OH is 1. The summed E-state index contributed by atoms with van der Waals surface area (Å²) in [4.78, 5) is 26.4. The largest absolute Gasteiger partial charge is 0.483 e. The zero-order chi connectivity index (χ0) is 20.8. The molecule has 3 rings (SSSR count). The van der Waals surface area contributed by atoms with Crippen molar-refractivity contribution in [3.63, 3.8) is 0 Å². The van der Waals surface area contributed by atoms with Gasteiger partial charge in [-0.15, -0.1) is 0 Å². The summed E-state index contributed by atoms with van der Waals surface area (Å²) >= 11 is 0. The fourth-order valence-corrected chi connectivity index (χ4v) is 2.80. The number of hydrogen-bond donors (Lipinski definition) is 1. The minimum atomic E-state index is -0.453. The van der Waals surface area contributed by atoms with Gasteiger partial charge in [0.25, 0.3) is 0 Å². The standard InChI is InChI=1S/C22H21FN2O4/c1-24(17-8-3-2-4-9-17)22(28)13-25-12-21(20(27)11-18(25)14-26)29-15-16-7-5-6-10-19(16)23/h2-12,26H,13-15H2,1H3. The van der Waals surface area contributed by atoms with Gasteiger partial charge in [0.2, 0.25) is 11.3 Å². The van der Waals surface area contributed by atoms with Crippen LogP contribution in [-0.2, 0) is 24.6 Å². The van der Waals surface area contributed by atoms with Gasteiger partial charge in [-0.3, -0.25) is 9.59 Å². The van der Waals surface area contributed by atoms with Crippen molar-refractivity contribution in [3.05, 3.63) is 94.2 Å². The summed E-state index contributed by atoms with van der Waals surface area (Å²) in [7, 11) is 1.65. The smallest absolute Gasteiger partial charge is 0.246 e. The molecule has 1 N–H and O–H groups in total. The number of aliphatic hydroxyl groups is 1. The normalized spacial score (nSPS) is 10.6. The van der Waals surface area contributed by atoms with Gasteiger partial charge in [-0.25, -0.2) is 4.39 Å². The highest BCUT2D eigenvalue weighted by Gasteiger charge is 2.15. The van der Waals surface area contributed by atoms with Crippen molar-refractivity contribution in [1.82, 2.24) is 4.57 Å². The molecule has 1 amide bonds. The van der Waals surface area contributed by atoms with E-state index >= 15 is 0 Å². The first kappa shape index (κ1) is 20.3. The molecule has 0 saturated carbocycles. The van der Waals surface area contributed by atoms with E-state index in [0.717, 1.165) is 5.69 Å². The topological polar surface area (TPSA) is 71.8 Å². The first-order valence-electron chi connectivity index (χ1n) is 9.01. The summed E-state index contributed by atoms with van der Waals surface area (Å²) in [6.45, 7) is -0.638. The zero-order valence-electron chi connectivity index (χ0n) is 15.9. The summed E-state index contributed by atoms with van der Waals surface area (Å²) in [5, 5.41) is 9.57. The van der Waals surface area contributed by atoms with Gasteiger partial charge < -0.3 is 19.3 Å². The molecule has 1 aromatic heterocycles. The Morgan fingerprint density at radius 3 is 2.52 bits per heavy atom. The molecule has 0 aliphatic heterocycles. The number of nitrogens with zero attached hydrogens (tertiary/aromatic N) is 2. The van der Waals surface area contributed by atoms with Crippen molar-refractivity contribution in [2.45, 2.75) is 19.8 Å². The van der Waals surface area contributed by atoms with Gasteiger partial charge in [0.05, 0.1) is 12.8 Å². The van der Waals surface area contributed by atoms with E-state index < -0.39 is 17.9 Å². The molecule has 0 aliphatic carbocycles. The number of halogens is 1. The van der Waals surface area contributed by atoms with Crippen LogP contribution in [0, 0.1) is 5.82 Å². The molecule has 3 aromatic rings. The molecule has 1 heterocycles. The molecule has 0 aliphatic rings. The number of ether oxygens (including phenoxy) is 1. The van der Waals surface area contributed by atoms with Gasteiger partial charge in [-0.1, -0.05) is 36.4 Å². The van der Waals surface area contributed by atoms with Crippen LogP contribution in [0.15, 0.2) is 71.7 Å². The van der Waals surface area contributed by atoms with E-state index in [-0.39, 0.29) is 30.5 Å². The van der Waals surface area contributed by atoms with E-state index in [1.54, 1.807) is 37.4 Å². The number of anilines is 1. The summed E-state index contributed by atoms with van der Waals surface area (Å²) in [5.74, 6) is -0.699. The molecule has 7 heteroatoms. The highest BCUT2D eigenvalue weighted by molar-refractivity contribution is 5.92. The fourth-order valence-electron chi connectivity index (χ4n) is 2.80. The van der Waals surface area contributed by atoms with Crippen LogP contribution < -0.4 is 15.1 Å². The van der Waals surface area contributed by atoms with Gasteiger partial charge in [-0.2, -0.15) is 0 Å². The van der Waals surface area contributed by atoms with E-state index in [1.807, 2.05) is 18.2 Å². The molecular formula is C22H21FN2O4. The van der Waals surface area contributed by atoms with Crippen LogP contribution in [0.1, 0.15) is 11.3 Å². The van der Waals surface area contributed by atoms with Crippen molar-refractivity contribution in [1.29, 1.82) is 0 Å². The van der Waals surface area contributed by atoms with Crippen LogP contribution in [0.5, 0.6) is 5.75 Å². The molecule has 29 heavy (non-hydrogen) atoms. The van der Waals surface area contributed by atoms with E-state index in [2.05, 4.69) is 0 Å². The van der Waals surface area contributed by atoms with Crippen LogP contribution >= 0.6 is 0 Å². The van der Waals surface area contributed by atoms with Gasteiger partial charge in [0.1, 0.15) is 19.0 Å². The molecular weight excluding hydrogens is 375 g/mol. The summed E-state index contributed by atoms with van der Waals surface area (Å²) in [6.07, 6.45) is 1.37. The lowest BCUT2D eigenvalue weighted by molar-refractivity contribution is -0.118. The van der Waals surface area contributed by atoms with Crippen molar-refractivity contribution in [2.75, 3.05) is 11.9 Å². The maximum absolute atomic E-state index is 13.8. The van der Waals surface area contributed by atoms with E-state index in [1.165, 1.54) is 27.8 Å². The van der Waals surface area contributed by atoms with Gasteiger partial charge in [0, 0.05) is 30.1 Å². The van der Waals surface area contributed by atoms with Crippen molar-refractivity contribution in [2.24, 2.45) is 0 Å². The lowest BCUT2D eigenvalue weighted by atomic mass is 10.2. The monoisotopic (exact) mass is 396 g/mol. The van der Waals surface area contributed by atoms with E-state index in [4.69, 9.17) is 4.74 Å². The van der Waals surface area contributed by atoms with Crippen LogP contribution in [0.4, 0.5) is 10.1 Å². The number of carbonyl (C=O) groups is 1. The number of benzene rings is 2. The Morgan fingerprint density at radius 1 is 1.14 bits per heavy atom. The second-order valence-corrected chi connectivity index (χ2v) is 6.45.